The molecule has 1 aromatic heterocycles. The van der Waals surface area contributed by atoms with Crippen LogP contribution in [0.1, 0.15) is 71.3 Å². The highest BCUT2D eigenvalue weighted by molar-refractivity contribution is 7.89. The second-order valence-corrected chi connectivity index (χ2v) is 10.7. The molecule has 1 aromatic carbocycles. The largest absolute Gasteiger partial charge is 0.355 e. The van der Waals surface area contributed by atoms with E-state index in [1.165, 1.54) is 11.2 Å². The van der Waals surface area contributed by atoms with Gasteiger partial charge in [-0.2, -0.15) is 4.31 Å². The molecule has 1 fully saturated rings. The summed E-state index contributed by atoms with van der Waals surface area (Å²) >= 11 is 0. The summed E-state index contributed by atoms with van der Waals surface area (Å²) in [6.07, 6.45) is 0.599. The van der Waals surface area contributed by atoms with E-state index in [9.17, 15) is 18.0 Å². The lowest BCUT2D eigenvalue weighted by Gasteiger charge is -2.33. The normalized spacial score (nSPS) is 15.9. The lowest BCUT2D eigenvalue weighted by atomic mass is 10.0. The first-order chi connectivity index (χ1) is 15.1. The number of aromatic amines is 1. The second kappa shape index (κ2) is 9.68. The van der Waals surface area contributed by atoms with Crippen molar-refractivity contribution in [2.45, 2.75) is 51.9 Å². The van der Waals surface area contributed by atoms with Crippen molar-refractivity contribution in [1.82, 2.24) is 14.2 Å². The van der Waals surface area contributed by atoms with Gasteiger partial charge in [0.25, 0.3) is 0 Å². The maximum atomic E-state index is 13.0. The molecule has 3 rings (SSSR count). The zero-order valence-corrected chi connectivity index (χ0v) is 20.4. The summed E-state index contributed by atoms with van der Waals surface area (Å²) in [5.41, 5.74) is 3.69. The van der Waals surface area contributed by atoms with Crippen molar-refractivity contribution in [2.75, 3.05) is 32.7 Å². The summed E-state index contributed by atoms with van der Waals surface area (Å²) in [7, 11) is -3.55. The number of H-pyrrole nitrogens is 1. The number of nitrogens with one attached hydrogen (secondary N) is 1. The molecule has 0 radical (unpaired) electrons. The van der Waals surface area contributed by atoms with E-state index >= 15 is 0 Å². The summed E-state index contributed by atoms with van der Waals surface area (Å²) in [5, 5.41) is 0. The van der Waals surface area contributed by atoms with Crippen LogP contribution in [0.2, 0.25) is 0 Å². The Hall–Kier alpha value is -2.29. The van der Waals surface area contributed by atoms with Crippen LogP contribution in [0.15, 0.2) is 29.2 Å². The molecule has 32 heavy (non-hydrogen) atoms. The molecule has 174 valence electrons. The molecule has 0 amide bonds. The maximum absolute atomic E-state index is 13.0. The van der Waals surface area contributed by atoms with Crippen LogP contribution in [-0.4, -0.2) is 66.9 Å². The standard InChI is InChI=1S/C24H33N3O4S/c1-6-21-23(18(5)28)17(4)25-24(21)22(29)15-26-11-13-27(14-12-26)32(30,31)20-9-7-19(8-10-20)16(2)3/h7-10,16,25H,6,11-15H2,1-5H3. The number of sulfonamides is 1. The van der Waals surface area contributed by atoms with Gasteiger partial charge in [-0.1, -0.05) is 32.9 Å². The molecule has 0 aliphatic carbocycles. The zero-order chi connectivity index (χ0) is 23.6. The number of aromatic nitrogens is 1. The van der Waals surface area contributed by atoms with Crippen molar-refractivity contribution in [3.05, 3.63) is 52.3 Å². The molecular formula is C24H33N3O4S. The number of piperazine rings is 1. The van der Waals surface area contributed by atoms with Crippen LogP contribution in [0.3, 0.4) is 0 Å². The Morgan fingerprint density at radius 3 is 2.16 bits per heavy atom. The first-order valence-corrected chi connectivity index (χ1v) is 12.6. The first-order valence-electron chi connectivity index (χ1n) is 11.1. The van der Waals surface area contributed by atoms with Gasteiger partial charge in [-0.3, -0.25) is 14.5 Å². The molecule has 0 saturated carbocycles. The number of rotatable bonds is 8. The Kier molecular flexibility index (Phi) is 7.37. The molecule has 1 N–H and O–H groups in total. The number of hydrogen-bond acceptors (Lipinski definition) is 5. The van der Waals surface area contributed by atoms with Gasteiger partial charge in [0.2, 0.25) is 10.0 Å². The van der Waals surface area contributed by atoms with E-state index in [2.05, 4.69) is 18.8 Å². The SMILES string of the molecule is CCc1c(C(=O)CN2CCN(S(=O)(=O)c3ccc(C(C)C)cc3)CC2)[nH]c(C)c1C(C)=O. The van der Waals surface area contributed by atoms with E-state index in [1.807, 2.05) is 30.9 Å². The Morgan fingerprint density at radius 2 is 1.66 bits per heavy atom. The van der Waals surface area contributed by atoms with E-state index in [-0.39, 0.29) is 18.1 Å². The molecule has 2 heterocycles. The van der Waals surface area contributed by atoms with E-state index in [1.54, 1.807) is 12.1 Å². The van der Waals surface area contributed by atoms with E-state index < -0.39 is 10.0 Å². The minimum Gasteiger partial charge on any atom is -0.355 e. The fourth-order valence-corrected chi connectivity index (χ4v) is 5.75. The first kappa shape index (κ1) is 24.4. The van der Waals surface area contributed by atoms with Gasteiger partial charge in [0.05, 0.1) is 17.1 Å². The van der Waals surface area contributed by atoms with Crippen molar-refractivity contribution < 1.29 is 18.0 Å². The molecule has 8 heteroatoms. The summed E-state index contributed by atoms with van der Waals surface area (Å²) in [5.74, 6) is 0.226. The van der Waals surface area contributed by atoms with Gasteiger partial charge >= 0.3 is 0 Å². The fourth-order valence-electron chi connectivity index (χ4n) is 4.33. The highest BCUT2D eigenvalue weighted by Crippen LogP contribution is 2.23. The van der Waals surface area contributed by atoms with Gasteiger partial charge in [-0.05, 0) is 49.4 Å². The molecule has 1 aliphatic heterocycles. The lowest BCUT2D eigenvalue weighted by molar-refractivity contribution is 0.0896. The molecule has 0 unspecified atom stereocenters. The summed E-state index contributed by atoms with van der Waals surface area (Å²) in [6.45, 7) is 11.2. The van der Waals surface area contributed by atoms with Crippen molar-refractivity contribution in [1.29, 1.82) is 0 Å². The summed E-state index contributed by atoms with van der Waals surface area (Å²) in [4.78, 5) is 30.3. The second-order valence-electron chi connectivity index (χ2n) is 8.72. The van der Waals surface area contributed by atoms with Crippen molar-refractivity contribution in [3.8, 4) is 0 Å². The van der Waals surface area contributed by atoms with Gasteiger partial charge in [0.1, 0.15) is 0 Å². The Morgan fingerprint density at radius 1 is 1.06 bits per heavy atom. The predicted molar refractivity (Wildman–Crippen MR) is 125 cm³/mol. The zero-order valence-electron chi connectivity index (χ0n) is 19.6. The van der Waals surface area contributed by atoms with Gasteiger partial charge in [0, 0.05) is 37.4 Å². The van der Waals surface area contributed by atoms with Crippen molar-refractivity contribution >= 4 is 21.6 Å². The number of carbonyl (C=O) groups is 2. The Balaban J connectivity index is 1.65. The number of nitrogens with zero attached hydrogens (tertiary/aromatic N) is 2. The van der Waals surface area contributed by atoms with Gasteiger partial charge < -0.3 is 4.98 Å². The fraction of sp³-hybridized carbons (Fsp3) is 0.500. The van der Waals surface area contributed by atoms with Gasteiger partial charge in [-0.15, -0.1) is 0 Å². The average molecular weight is 460 g/mol. The highest BCUT2D eigenvalue weighted by Gasteiger charge is 2.30. The summed E-state index contributed by atoms with van der Waals surface area (Å²) in [6, 6.07) is 7.08. The minimum atomic E-state index is -3.55. The van der Waals surface area contributed by atoms with Crippen molar-refractivity contribution in [3.63, 3.8) is 0 Å². The van der Waals surface area contributed by atoms with Crippen LogP contribution >= 0.6 is 0 Å². The smallest absolute Gasteiger partial charge is 0.243 e. The van der Waals surface area contributed by atoms with Crippen LogP contribution in [0.5, 0.6) is 0 Å². The van der Waals surface area contributed by atoms with Crippen LogP contribution in [0.4, 0.5) is 0 Å². The molecule has 0 atom stereocenters. The van der Waals surface area contributed by atoms with Crippen LogP contribution in [0, 0.1) is 6.92 Å². The topological polar surface area (TPSA) is 90.6 Å². The molecule has 7 nitrogen and oxygen atoms in total. The number of benzene rings is 1. The Labute approximate surface area is 190 Å². The number of ketones is 2. The lowest BCUT2D eigenvalue weighted by Crippen LogP contribution is -2.49. The van der Waals surface area contributed by atoms with Crippen LogP contribution in [-0.2, 0) is 16.4 Å². The molecule has 0 spiro atoms. The third kappa shape index (κ3) is 4.87. The minimum absolute atomic E-state index is 0.0464. The number of Topliss-reactive ketones (excluding diaryl/α,β-unsaturated/α-hetero) is 2. The monoisotopic (exact) mass is 459 g/mol. The highest BCUT2D eigenvalue weighted by atomic mass is 32.2. The van der Waals surface area contributed by atoms with Crippen LogP contribution < -0.4 is 0 Å². The van der Waals surface area contributed by atoms with Gasteiger partial charge in [-0.25, -0.2) is 8.42 Å². The molecule has 1 aliphatic rings. The average Bonchev–Trinajstić information content (AvgIpc) is 3.10. The van der Waals surface area contributed by atoms with Crippen LogP contribution in [0.25, 0.3) is 0 Å². The van der Waals surface area contributed by atoms with Crippen molar-refractivity contribution in [2.24, 2.45) is 0 Å². The summed E-state index contributed by atoms with van der Waals surface area (Å²) < 4.78 is 27.5. The molecular weight excluding hydrogens is 426 g/mol. The number of hydrogen-bond donors (Lipinski definition) is 1. The quantitative estimate of drug-likeness (QED) is 0.611. The van der Waals surface area contributed by atoms with Gasteiger partial charge in [0.15, 0.2) is 11.6 Å². The van der Waals surface area contributed by atoms with E-state index in [0.717, 1.165) is 16.8 Å². The maximum Gasteiger partial charge on any atom is 0.243 e. The molecule has 1 saturated heterocycles. The number of carbonyl (C=O) groups excluding carboxylic acids is 2. The van der Waals surface area contributed by atoms with E-state index in [0.29, 0.717) is 54.7 Å². The third-order valence-electron chi connectivity index (χ3n) is 6.16. The third-order valence-corrected chi connectivity index (χ3v) is 8.07. The van der Waals surface area contributed by atoms with E-state index in [4.69, 9.17) is 0 Å². The predicted octanol–water partition coefficient (Wildman–Crippen LogP) is 3.40. The molecule has 2 aromatic rings. The Bertz CT molecular complexity index is 1090. The number of aryl methyl sites for hydroxylation is 1. The molecule has 0 bridgehead atoms.